The molecule has 0 aliphatic carbocycles. The van der Waals surface area contributed by atoms with Crippen molar-refractivity contribution in [3.63, 3.8) is 0 Å². The van der Waals surface area contributed by atoms with E-state index in [-0.39, 0.29) is 11.7 Å². The molecule has 1 heterocycles. The molecule has 6 nitrogen and oxygen atoms in total. The predicted molar refractivity (Wildman–Crippen MR) is 66.1 cm³/mol. The Kier molecular flexibility index (Phi) is 3.57. The molecule has 6 heteroatoms. The van der Waals surface area contributed by atoms with Crippen LogP contribution in [0.1, 0.15) is 16.8 Å². The molecular formula is C12H14N2O4. The van der Waals surface area contributed by atoms with Crippen molar-refractivity contribution in [2.75, 3.05) is 25.2 Å². The van der Waals surface area contributed by atoms with Crippen LogP contribution in [0.25, 0.3) is 0 Å². The average Bonchev–Trinajstić information content (AvgIpc) is 2.91. The average molecular weight is 250 g/mol. The summed E-state index contributed by atoms with van der Waals surface area (Å²) in [5.41, 5.74) is 0.775. The summed E-state index contributed by atoms with van der Waals surface area (Å²) in [6, 6.07) is 4.64. The van der Waals surface area contributed by atoms with Crippen molar-refractivity contribution >= 4 is 17.7 Å². The van der Waals surface area contributed by atoms with Crippen LogP contribution in [0.3, 0.4) is 0 Å². The van der Waals surface area contributed by atoms with Crippen LogP contribution < -0.4 is 4.90 Å². The highest BCUT2D eigenvalue weighted by Crippen LogP contribution is 2.30. The zero-order valence-corrected chi connectivity index (χ0v) is 10.0. The van der Waals surface area contributed by atoms with E-state index >= 15 is 0 Å². The number of anilines is 1. The standard InChI is InChI=1S/C12H14N2O4/c1-13(10-4-5-18-8-10)11-3-2-9(7-15)6-12(11)14(16)17/h2-3,6-7,10H,4-5,8H2,1H3. The summed E-state index contributed by atoms with van der Waals surface area (Å²) >= 11 is 0. The number of nitro benzene ring substituents is 1. The monoisotopic (exact) mass is 250 g/mol. The quantitative estimate of drug-likeness (QED) is 0.461. The maximum Gasteiger partial charge on any atom is 0.293 e. The third kappa shape index (κ3) is 2.33. The van der Waals surface area contributed by atoms with Gasteiger partial charge in [0, 0.05) is 25.3 Å². The molecule has 0 spiro atoms. The molecule has 2 rings (SSSR count). The fraction of sp³-hybridized carbons (Fsp3) is 0.417. The molecule has 96 valence electrons. The van der Waals surface area contributed by atoms with Gasteiger partial charge in [-0.2, -0.15) is 0 Å². The second-order valence-electron chi connectivity index (χ2n) is 4.25. The molecule has 1 atom stereocenters. The number of hydrogen-bond acceptors (Lipinski definition) is 5. The van der Waals surface area contributed by atoms with Crippen LogP contribution in [0.5, 0.6) is 0 Å². The number of rotatable bonds is 4. The zero-order chi connectivity index (χ0) is 13.1. The summed E-state index contributed by atoms with van der Waals surface area (Å²) in [6.07, 6.45) is 1.46. The van der Waals surface area contributed by atoms with Crippen LogP contribution in [0.4, 0.5) is 11.4 Å². The molecule has 0 saturated carbocycles. The van der Waals surface area contributed by atoms with Crippen molar-refractivity contribution in [1.82, 2.24) is 0 Å². The van der Waals surface area contributed by atoms with Crippen molar-refractivity contribution in [2.24, 2.45) is 0 Å². The van der Waals surface area contributed by atoms with Crippen LogP contribution in [-0.2, 0) is 4.74 Å². The summed E-state index contributed by atoms with van der Waals surface area (Å²) < 4.78 is 5.28. The van der Waals surface area contributed by atoms with E-state index in [1.165, 1.54) is 6.07 Å². The molecule has 0 amide bonds. The van der Waals surface area contributed by atoms with Gasteiger partial charge < -0.3 is 9.64 Å². The molecule has 0 radical (unpaired) electrons. The van der Waals surface area contributed by atoms with Crippen LogP contribution in [0.15, 0.2) is 18.2 Å². The van der Waals surface area contributed by atoms with E-state index in [1.54, 1.807) is 12.1 Å². The fourth-order valence-electron chi connectivity index (χ4n) is 2.08. The Morgan fingerprint density at radius 3 is 2.89 bits per heavy atom. The number of carbonyl (C=O) groups excluding carboxylic acids is 1. The van der Waals surface area contributed by atoms with Crippen LogP contribution in [0, 0.1) is 10.1 Å². The molecule has 0 N–H and O–H groups in total. The Morgan fingerprint density at radius 2 is 2.33 bits per heavy atom. The molecule has 1 fully saturated rings. The van der Waals surface area contributed by atoms with Gasteiger partial charge in [0.2, 0.25) is 0 Å². The number of likely N-dealkylation sites (N-methyl/N-ethyl adjacent to an activating group) is 1. The maximum atomic E-state index is 11.0. The Morgan fingerprint density at radius 1 is 1.56 bits per heavy atom. The molecule has 0 bridgehead atoms. The van der Waals surface area contributed by atoms with Gasteiger partial charge in [-0.3, -0.25) is 14.9 Å². The lowest BCUT2D eigenvalue weighted by Crippen LogP contribution is -2.32. The van der Waals surface area contributed by atoms with E-state index in [9.17, 15) is 14.9 Å². The highest BCUT2D eigenvalue weighted by molar-refractivity contribution is 5.79. The lowest BCUT2D eigenvalue weighted by atomic mass is 10.1. The maximum absolute atomic E-state index is 11.0. The Hall–Kier alpha value is -1.95. The molecule has 1 aliphatic heterocycles. The number of nitrogens with zero attached hydrogens (tertiary/aromatic N) is 2. The number of carbonyl (C=O) groups is 1. The summed E-state index contributed by atoms with van der Waals surface area (Å²) in [4.78, 5) is 23.1. The SMILES string of the molecule is CN(c1ccc(C=O)cc1[N+](=O)[O-])C1CCOC1. The Balaban J connectivity index is 2.36. The first kappa shape index (κ1) is 12.5. The van der Waals surface area contributed by atoms with Crippen LogP contribution in [0.2, 0.25) is 0 Å². The summed E-state index contributed by atoms with van der Waals surface area (Å²) in [5.74, 6) is 0. The lowest BCUT2D eigenvalue weighted by Gasteiger charge is -2.25. The molecule has 18 heavy (non-hydrogen) atoms. The first-order chi connectivity index (χ1) is 8.63. The van der Waals surface area contributed by atoms with E-state index in [4.69, 9.17) is 4.74 Å². The van der Waals surface area contributed by atoms with Crippen molar-refractivity contribution < 1.29 is 14.5 Å². The van der Waals surface area contributed by atoms with E-state index < -0.39 is 4.92 Å². The van der Waals surface area contributed by atoms with Crippen LogP contribution in [-0.4, -0.2) is 37.5 Å². The number of hydrogen-bond donors (Lipinski definition) is 0. The van der Waals surface area contributed by atoms with Crippen molar-refractivity contribution in [1.29, 1.82) is 0 Å². The topological polar surface area (TPSA) is 72.7 Å². The lowest BCUT2D eigenvalue weighted by molar-refractivity contribution is -0.384. The van der Waals surface area contributed by atoms with Gasteiger partial charge in [-0.15, -0.1) is 0 Å². The van der Waals surface area contributed by atoms with Gasteiger partial charge in [0.15, 0.2) is 0 Å². The third-order valence-corrected chi connectivity index (χ3v) is 3.17. The molecule has 1 aromatic rings. The smallest absolute Gasteiger partial charge is 0.293 e. The van der Waals surface area contributed by atoms with Gasteiger partial charge >= 0.3 is 0 Å². The second-order valence-corrected chi connectivity index (χ2v) is 4.25. The first-order valence-electron chi connectivity index (χ1n) is 5.67. The van der Waals surface area contributed by atoms with Gasteiger partial charge in [-0.05, 0) is 18.6 Å². The highest BCUT2D eigenvalue weighted by Gasteiger charge is 2.26. The minimum absolute atomic E-state index is 0.0472. The molecule has 1 aliphatic rings. The predicted octanol–water partition coefficient (Wildman–Crippen LogP) is 1.63. The zero-order valence-electron chi connectivity index (χ0n) is 10.0. The molecule has 1 unspecified atom stereocenters. The summed E-state index contributed by atoms with van der Waals surface area (Å²) in [7, 11) is 1.81. The largest absolute Gasteiger partial charge is 0.379 e. The minimum atomic E-state index is -0.464. The van der Waals surface area contributed by atoms with Gasteiger partial charge in [0.25, 0.3) is 5.69 Å². The van der Waals surface area contributed by atoms with Gasteiger partial charge in [-0.25, -0.2) is 0 Å². The van der Waals surface area contributed by atoms with Gasteiger partial charge in [-0.1, -0.05) is 0 Å². The summed E-state index contributed by atoms with van der Waals surface area (Å²) in [6.45, 7) is 1.25. The van der Waals surface area contributed by atoms with Crippen molar-refractivity contribution in [3.8, 4) is 0 Å². The fourth-order valence-corrected chi connectivity index (χ4v) is 2.08. The van der Waals surface area contributed by atoms with E-state index in [0.29, 0.717) is 30.8 Å². The molecule has 1 saturated heterocycles. The number of benzene rings is 1. The number of ether oxygens (including phenoxy) is 1. The number of aldehydes is 1. The highest BCUT2D eigenvalue weighted by atomic mass is 16.6. The van der Waals surface area contributed by atoms with E-state index in [0.717, 1.165) is 6.42 Å². The normalized spacial score (nSPS) is 18.6. The van der Waals surface area contributed by atoms with Gasteiger partial charge in [0.1, 0.15) is 12.0 Å². The first-order valence-corrected chi connectivity index (χ1v) is 5.67. The molecular weight excluding hydrogens is 236 g/mol. The third-order valence-electron chi connectivity index (χ3n) is 3.17. The molecule has 0 aromatic heterocycles. The Bertz CT molecular complexity index is 469. The van der Waals surface area contributed by atoms with Gasteiger partial charge in [0.05, 0.1) is 17.6 Å². The van der Waals surface area contributed by atoms with E-state index in [2.05, 4.69) is 0 Å². The summed E-state index contributed by atoms with van der Waals surface area (Å²) in [5, 5.41) is 11.0. The van der Waals surface area contributed by atoms with Crippen LogP contribution >= 0.6 is 0 Å². The second kappa shape index (κ2) is 5.14. The van der Waals surface area contributed by atoms with Crippen molar-refractivity contribution in [3.05, 3.63) is 33.9 Å². The minimum Gasteiger partial charge on any atom is -0.379 e. The number of nitro groups is 1. The van der Waals surface area contributed by atoms with E-state index in [1.807, 2.05) is 11.9 Å². The molecule has 1 aromatic carbocycles. The Labute approximate surface area is 104 Å². The van der Waals surface area contributed by atoms with Crippen molar-refractivity contribution in [2.45, 2.75) is 12.5 Å².